The molecule has 0 spiro atoms. The molecule has 4 aromatic rings. The van der Waals surface area contributed by atoms with Gasteiger partial charge in [-0.2, -0.15) is 10.3 Å². The van der Waals surface area contributed by atoms with Gasteiger partial charge in [-0.15, -0.1) is 0 Å². The molecule has 0 radical (unpaired) electrons. The Balaban J connectivity index is 1.82. The topological polar surface area (TPSA) is 102 Å². The summed E-state index contributed by atoms with van der Waals surface area (Å²) in [6, 6.07) is 13.7. The first-order valence-electron chi connectivity index (χ1n) is 10.5. The van der Waals surface area contributed by atoms with Crippen LogP contribution in [0.3, 0.4) is 0 Å². The molecule has 1 amide bonds. The van der Waals surface area contributed by atoms with Crippen molar-refractivity contribution in [2.75, 3.05) is 6.61 Å². The van der Waals surface area contributed by atoms with Gasteiger partial charge in [0.15, 0.2) is 5.49 Å². The SMILES string of the molecule is N#Cc1cc2c(=O)n3ccccc3nc2n(CC2CCCO2)c1=NC(=O)c1ccc(F)cc1. The number of nitrogens with zero attached hydrogens (tertiary/aromatic N) is 5. The molecule has 1 unspecified atom stereocenters. The molecule has 3 aromatic heterocycles. The number of fused-ring (bicyclic) bond motifs is 2. The quantitative estimate of drug-likeness (QED) is 0.453. The average molecular weight is 443 g/mol. The molecule has 9 heteroatoms. The van der Waals surface area contributed by atoms with Crippen molar-refractivity contribution < 1.29 is 13.9 Å². The fourth-order valence-corrected chi connectivity index (χ4v) is 4.00. The molecule has 0 aliphatic carbocycles. The molecule has 0 bridgehead atoms. The van der Waals surface area contributed by atoms with Crippen LogP contribution in [0.25, 0.3) is 16.7 Å². The molecule has 4 heterocycles. The third-order valence-corrected chi connectivity index (χ3v) is 5.62. The van der Waals surface area contributed by atoms with Crippen molar-refractivity contribution in [3.8, 4) is 6.07 Å². The van der Waals surface area contributed by atoms with Crippen LogP contribution in [0.4, 0.5) is 4.39 Å². The van der Waals surface area contributed by atoms with Gasteiger partial charge in [-0.3, -0.25) is 14.0 Å². The number of benzene rings is 1. The Kier molecular flexibility index (Phi) is 5.28. The molecule has 0 saturated carbocycles. The third-order valence-electron chi connectivity index (χ3n) is 5.62. The molecule has 1 fully saturated rings. The molecule has 1 saturated heterocycles. The van der Waals surface area contributed by atoms with E-state index in [0.717, 1.165) is 12.8 Å². The number of carbonyl (C=O) groups excluding carboxylic acids is 1. The lowest BCUT2D eigenvalue weighted by Gasteiger charge is -2.16. The van der Waals surface area contributed by atoms with E-state index in [1.165, 1.54) is 34.7 Å². The zero-order valence-electron chi connectivity index (χ0n) is 17.4. The number of rotatable bonds is 3. The maximum absolute atomic E-state index is 13.3. The Morgan fingerprint density at radius 2 is 2.09 bits per heavy atom. The van der Waals surface area contributed by atoms with Gasteiger partial charge in [0, 0.05) is 18.4 Å². The van der Waals surface area contributed by atoms with E-state index in [9.17, 15) is 19.2 Å². The summed E-state index contributed by atoms with van der Waals surface area (Å²) in [5.41, 5.74) is 0.732. The summed E-state index contributed by atoms with van der Waals surface area (Å²) < 4.78 is 22.1. The highest BCUT2D eigenvalue weighted by Crippen LogP contribution is 2.17. The van der Waals surface area contributed by atoms with Crippen molar-refractivity contribution >= 4 is 22.6 Å². The van der Waals surface area contributed by atoms with E-state index < -0.39 is 11.7 Å². The minimum Gasteiger partial charge on any atom is -0.376 e. The number of nitriles is 1. The Hall–Kier alpha value is -4.16. The van der Waals surface area contributed by atoms with E-state index in [1.807, 2.05) is 0 Å². The van der Waals surface area contributed by atoms with Gasteiger partial charge in [-0.1, -0.05) is 6.07 Å². The fourth-order valence-electron chi connectivity index (χ4n) is 4.00. The molecule has 8 nitrogen and oxygen atoms in total. The number of hydrogen-bond acceptors (Lipinski definition) is 5. The first-order chi connectivity index (χ1) is 16.0. The molecule has 0 N–H and O–H groups in total. The highest BCUT2D eigenvalue weighted by molar-refractivity contribution is 5.95. The maximum atomic E-state index is 13.3. The number of halogens is 1. The Morgan fingerprint density at radius 3 is 2.82 bits per heavy atom. The highest BCUT2D eigenvalue weighted by atomic mass is 19.1. The van der Waals surface area contributed by atoms with Crippen molar-refractivity contribution in [3.63, 3.8) is 0 Å². The molecule has 1 atom stereocenters. The van der Waals surface area contributed by atoms with E-state index in [2.05, 4.69) is 16.0 Å². The second kappa shape index (κ2) is 8.41. The van der Waals surface area contributed by atoms with Gasteiger partial charge in [0.1, 0.15) is 23.2 Å². The molecule has 1 aliphatic rings. The van der Waals surface area contributed by atoms with Crippen LogP contribution < -0.4 is 11.0 Å². The van der Waals surface area contributed by atoms with Gasteiger partial charge in [0.25, 0.3) is 11.5 Å². The standard InChI is InChI=1S/C24H18FN5O3/c25-17-8-6-15(7-9-17)23(31)28-21-16(13-26)12-19-22(30(21)14-18-4-3-11-33-18)27-20-5-1-2-10-29(20)24(19)32/h1-2,5-10,12,18H,3-4,11,14H2. The maximum Gasteiger partial charge on any atom is 0.278 e. The minimum atomic E-state index is -0.635. The van der Waals surface area contributed by atoms with Crippen LogP contribution >= 0.6 is 0 Å². The number of amides is 1. The van der Waals surface area contributed by atoms with E-state index in [-0.39, 0.29) is 40.2 Å². The lowest BCUT2D eigenvalue weighted by atomic mass is 10.2. The number of pyridine rings is 2. The zero-order chi connectivity index (χ0) is 22.9. The average Bonchev–Trinajstić information content (AvgIpc) is 3.34. The summed E-state index contributed by atoms with van der Waals surface area (Å²) in [4.78, 5) is 34.9. The predicted octanol–water partition coefficient (Wildman–Crippen LogP) is 2.58. The fraction of sp³-hybridized carbons (Fsp3) is 0.208. The predicted molar refractivity (Wildman–Crippen MR) is 117 cm³/mol. The van der Waals surface area contributed by atoms with Gasteiger partial charge < -0.3 is 9.30 Å². The first-order valence-corrected chi connectivity index (χ1v) is 10.5. The number of hydrogen-bond donors (Lipinski definition) is 0. The molecule has 5 rings (SSSR count). The zero-order valence-corrected chi connectivity index (χ0v) is 17.4. The van der Waals surface area contributed by atoms with Crippen LogP contribution in [0, 0.1) is 17.1 Å². The van der Waals surface area contributed by atoms with Crippen molar-refractivity contribution in [1.82, 2.24) is 14.0 Å². The van der Waals surface area contributed by atoms with Gasteiger partial charge in [0.05, 0.1) is 23.6 Å². The van der Waals surface area contributed by atoms with Crippen molar-refractivity contribution in [1.29, 1.82) is 5.26 Å². The monoisotopic (exact) mass is 443 g/mol. The summed E-state index contributed by atoms with van der Waals surface area (Å²) >= 11 is 0. The van der Waals surface area contributed by atoms with Crippen molar-refractivity contribution in [2.24, 2.45) is 4.99 Å². The minimum absolute atomic E-state index is 0.0609. The van der Waals surface area contributed by atoms with E-state index in [1.54, 1.807) is 29.0 Å². The van der Waals surface area contributed by atoms with Crippen LogP contribution in [0.2, 0.25) is 0 Å². The summed E-state index contributed by atoms with van der Waals surface area (Å²) in [5.74, 6) is -1.11. The number of aromatic nitrogens is 3. The Bertz CT molecular complexity index is 1560. The number of ether oxygens (including phenoxy) is 1. The molecule has 33 heavy (non-hydrogen) atoms. The van der Waals surface area contributed by atoms with Crippen LogP contribution in [0.5, 0.6) is 0 Å². The summed E-state index contributed by atoms with van der Waals surface area (Å²) in [5, 5.41) is 10.1. The van der Waals surface area contributed by atoms with Crippen LogP contribution in [0.15, 0.2) is 64.5 Å². The van der Waals surface area contributed by atoms with Crippen molar-refractivity contribution in [2.45, 2.75) is 25.5 Å². The Morgan fingerprint density at radius 1 is 1.27 bits per heavy atom. The van der Waals surface area contributed by atoms with Crippen LogP contribution in [-0.2, 0) is 11.3 Å². The van der Waals surface area contributed by atoms with E-state index in [0.29, 0.717) is 17.9 Å². The second-order valence-electron chi connectivity index (χ2n) is 7.75. The van der Waals surface area contributed by atoms with Gasteiger partial charge in [-0.25, -0.2) is 9.37 Å². The highest BCUT2D eigenvalue weighted by Gasteiger charge is 2.21. The Labute approximate surface area is 186 Å². The molecule has 1 aromatic carbocycles. The van der Waals surface area contributed by atoms with Gasteiger partial charge >= 0.3 is 0 Å². The molecular formula is C24H18FN5O3. The van der Waals surface area contributed by atoms with Gasteiger partial charge in [0.2, 0.25) is 0 Å². The van der Waals surface area contributed by atoms with Crippen LogP contribution in [-0.4, -0.2) is 32.6 Å². The lowest BCUT2D eigenvalue weighted by molar-refractivity contribution is 0.0952. The van der Waals surface area contributed by atoms with Gasteiger partial charge in [-0.05, 0) is 55.3 Å². The van der Waals surface area contributed by atoms with E-state index in [4.69, 9.17) is 4.74 Å². The summed E-state index contributed by atoms with van der Waals surface area (Å²) in [7, 11) is 0. The largest absolute Gasteiger partial charge is 0.376 e. The second-order valence-corrected chi connectivity index (χ2v) is 7.75. The lowest BCUT2D eigenvalue weighted by Crippen LogP contribution is -2.32. The smallest absolute Gasteiger partial charge is 0.278 e. The van der Waals surface area contributed by atoms with Crippen molar-refractivity contribution in [3.05, 3.63) is 87.5 Å². The third kappa shape index (κ3) is 3.81. The summed E-state index contributed by atoms with van der Waals surface area (Å²) in [6.07, 6.45) is 3.12. The van der Waals surface area contributed by atoms with E-state index >= 15 is 0 Å². The normalized spacial score (nSPS) is 16.4. The number of carbonyl (C=O) groups is 1. The molecule has 164 valence electrons. The first kappa shape index (κ1) is 20.7. The summed E-state index contributed by atoms with van der Waals surface area (Å²) in [6.45, 7) is 0.887. The molecular weight excluding hydrogens is 425 g/mol. The molecule has 1 aliphatic heterocycles. The van der Waals surface area contributed by atoms with Crippen LogP contribution in [0.1, 0.15) is 28.8 Å².